The average Bonchev–Trinajstić information content (AvgIpc) is 2.64. The maximum absolute atomic E-state index is 12.9. The first-order valence-electron chi connectivity index (χ1n) is 9.52. The van der Waals surface area contributed by atoms with Crippen LogP contribution in [0.25, 0.3) is 0 Å². The molecule has 0 spiro atoms. The zero-order valence-corrected chi connectivity index (χ0v) is 17.6. The lowest BCUT2D eigenvalue weighted by atomic mass is 10.1. The Labute approximate surface area is 175 Å². The van der Waals surface area contributed by atoms with Gasteiger partial charge >= 0.3 is 0 Å². The quantitative estimate of drug-likeness (QED) is 0.619. The van der Waals surface area contributed by atoms with Gasteiger partial charge in [0.05, 0.1) is 19.6 Å². The number of carbonyl (C=O) groups excluding carboxylic acids is 3. The van der Waals surface area contributed by atoms with Crippen molar-refractivity contribution in [1.29, 1.82) is 0 Å². The molecule has 0 heterocycles. The summed E-state index contributed by atoms with van der Waals surface area (Å²) >= 11 is 0. The Kier molecular flexibility index (Phi) is 8.06. The monoisotopic (exact) mass is 414 g/mol. The molecule has 0 aliphatic heterocycles. The molecule has 0 saturated carbocycles. The van der Waals surface area contributed by atoms with Crippen LogP contribution in [0.4, 0.5) is 15.8 Å². The van der Waals surface area contributed by atoms with Gasteiger partial charge in [0.15, 0.2) is 0 Å². The normalized spacial score (nSPS) is 10.6. The number of carbonyl (C=O) groups is 3. The van der Waals surface area contributed by atoms with Crippen LogP contribution in [0.2, 0.25) is 0 Å². The molecular weight excluding hydrogens is 387 g/mol. The fourth-order valence-electron chi connectivity index (χ4n) is 3.08. The van der Waals surface area contributed by atoms with E-state index >= 15 is 0 Å². The summed E-state index contributed by atoms with van der Waals surface area (Å²) in [5.74, 6) is -1.45. The lowest BCUT2D eigenvalue weighted by molar-refractivity contribution is -0.125. The topological polar surface area (TPSA) is 90.5 Å². The van der Waals surface area contributed by atoms with Crippen LogP contribution in [0.5, 0.6) is 0 Å². The molecule has 0 aliphatic carbocycles. The molecule has 2 rings (SSSR count). The molecule has 8 heteroatoms. The summed E-state index contributed by atoms with van der Waals surface area (Å²) in [7, 11) is 1.65. The number of benzene rings is 2. The standard InChI is InChI=1S/C22H27FN4O3/c1-14-9-15(2)22(16(3)10-14)26-21(30)13-27(4)12-20(29)24-11-19(28)25-18-7-5-17(23)6-8-18/h5-10H,11-13H2,1-4H3,(H,24,29)(H,25,28)(H,26,30). The fourth-order valence-corrected chi connectivity index (χ4v) is 3.08. The van der Waals surface area contributed by atoms with Crippen molar-refractivity contribution >= 4 is 29.1 Å². The molecule has 0 saturated heterocycles. The van der Waals surface area contributed by atoms with E-state index in [0.29, 0.717) is 5.69 Å². The van der Waals surface area contributed by atoms with Gasteiger partial charge in [0.25, 0.3) is 0 Å². The Bertz CT molecular complexity index is 905. The van der Waals surface area contributed by atoms with Gasteiger partial charge in [-0.1, -0.05) is 17.7 Å². The van der Waals surface area contributed by atoms with Gasteiger partial charge in [-0.25, -0.2) is 4.39 Å². The smallest absolute Gasteiger partial charge is 0.243 e. The Morgan fingerprint density at radius 2 is 1.43 bits per heavy atom. The van der Waals surface area contributed by atoms with Gasteiger partial charge in [0.1, 0.15) is 5.82 Å². The van der Waals surface area contributed by atoms with Crippen molar-refractivity contribution in [3.63, 3.8) is 0 Å². The summed E-state index contributed by atoms with van der Waals surface area (Å²) in [6.45, 7) is 5.63. The molecule has 0 fully saturated rings. The lowest BCUT2D eigenvalue weighted by Gasteiger charge is -2.18. The van der Waals surface area contributed by atoms with Gasteiger partial charge in [-0.3, -0.25) is 19.3 Å². The summed E-state index contributed by atoms with van der Waals surface area (Å²) in [6.07, 6.45) is 0. The first-order valence-corrected chi connectivity index (χ1v) is 9.52. The first kappa shape index (κ1) is 23.0. The van der Waals surface area contributed by atoms with Crippen LogP contribution in [0.1, 0.15) is 16.7 Å². The molecule has 0 unspecified atom stereocenters. The van der Waals surface area contributed by atoms with Gasteiger partial charge in [-0.05, 0) is 63.2 Å². The van der Waals surface area contributed by atoms with Crippen molar-refractivity contribution in [1.82, 2.24) is 10.2 Å². The molecule has 0 aromatic heterocycles. The van der Waals surface area contributed by atoms with E-state index in [1.165, 1.54) is 24.3 Å². The highest BCUT2D eigenvalue weighted by Crippen LogP contribution is 2.21. The molecule has 3 amide bonds. The molecule has 0 atom stereocenters. The van der Waals surface area contributed by atoms with E-state index in [1.807, 2.05) is 32.9 Å². The van der Waals surface area contributed by atoms with Gasteiger partial charge < -0.3 is 16.0 Å². The van der Waals surface area contributed by atoms with E-state index in [2.05, 4.69) is 16.0 Å². The third-order valence-electron chi connectivity index (χ3n) is 4.34. The number of anilines is 2. The van der Waals surface area contributed by atoms with Crippen LogP contribution in [-0.4, -0.2) is 49.3 Å². The number of nitrogens with one attached hydrogen (secondary N) is 3. The van der Waals surface area contributed by atoms with Crippen molar-refractivity contribution < 1.29 is 18.8 Å². The van der Waals surface area contributed by atoms with E-state index in [-0.39, 0.29) is 31.4 Å². The minimum absolute atomic E-state index is 0.0297. The van der Waals surface area contributed by atoms with Gasteiger partial charge in [0.2, 0.25) is 17.7 Å². The SMILES string of the molecule is Cc1cc(C)c(NC(=O)CN(C)CC(=O)NCC(=O)Nc2ccc(F)cc2)c(C)c1. The summed E-state index contributed by atoms with van der Waals surface area (Å²) in [6, 6.07) is 9.31. The molecule has 30 heavy (non-hydrogen) atoms. The fraction of sp³-hybridized carbons (Fsp3) is 0.318. The van der Waals surface area contributed by atoms with Crippen LogP contribution in [0, 0.1) is 26.6 Å². The third kappa shape index (κ3) is 7.29. The number of likely N-dealkylation sites (N-methyl/N-ethyl adjacent to an activating group) is 1. The van der Waals surface area contributed by atoms with E-state index in [9.17, 15) is 18.8 Å². The summed E-state index contributed by atoms with van der Waals surface area (Å²) < 4.78 is 12.9. The van der Waals surface area contributed by atoms with E-state index in [0.717, 1.165) is 22.4 Å². The van der Waals surface area contributed by atoms with Crippen LogP contribution in [0.15, 0.2) is 36.4 Å². The molecule has 2 aromatic rings. The van der Waals surface area contributed by atoms with Crippen molar-refractivity contribution in [3.05, 3.63) is 58.9 Å². The van der Waals surface area contributed by atoms with Crippen molar-refractivity contribution in [2.75, 3.05) is 37.3 Å². The number of amides is 3. The van der Waals surface area contributed by atoms with Crippen molar-refractivity contribution in [3.8, 4) is 0 Å². The first-order chi connectivity index (χ1) is 14.1. The highest BCUT2D eigenvalue weighted by molar-refractivity contribution is 5.95. The summed E-state index contributed by atoms with van der Waals surface area (Å²) in [5.41, 5.74) is 4.30. The minimum atomic E-state index is -0.430. The van der Waals surface area contributed by atoms with Crippen molar-refractivity contribution in [2.45, 2.75) is 20.8 Å². The molecular formula is C22H27FN4O3. The maximum Gasteiger partial charge on any atom is 0.243 e. The predicted molar refractivity (Wildman–Crippen MR) is 115 cm³/mol. The molecule has 0 bridgehead atoms. The highest BCUT2D eigenvalue weighted by Gasteiger charge is 2.14. The van der Waals surface area contributed by atoms with E-state index in [4.69, 9.17) is 0 Å². The van der Waals surface area contributed by atoms with E-state index < -0.39 is 11.7 Å². The predicted octanol–water partition coefficient (Wildman–Crippen LogP) is 2.38. The largest absolute Gasteiger partial charge is 0.346 e. The summed E-state index contributed by atoms with van der Waals surface area (Å²) in [4.78, 5) is 37.8. The van der Waals surface area contributed by atoms with Crippen LogP contribution in [-0.2, 0) is 14.4 Å². The number of rotatable bonds is 8. The zero-order chi connectivity index (χ0) is 22.3. The molecule has 2 aromatic carbocycles. The van der Waals surface area contributed by atoms with Crippen LogP contribution >= 0.6 is 0 Å². The molecule has 3 N–H and O–H groups in total. The van der Waals surface area contributed by atoms with Gasteiger partial charge in [-0.2, -0.15) is 0 Å². The molecule has 7 nitrogen and oxygen atoms in total. The van der Waals surface area contributed by atoms with Gasteiger partial charge in [-0.15, -0.1) is 0 Å². The molecule has 0 radical (unpaired) electrons. The van der Waals surface area contributed by atoms with Gasteiger partial charge in [0, 0.05) is 11.4 Å². The number of aryl methyl sites for hydroxylation is 3. The molecule has 0 aliphatic rings. The van der Waals surface area contributed by atoms with E-state index in [1.54, 1.807) is 11.9 Å². The zero-order valence-electron chi connectivity index (χ0n) is 17.6. The van der Waals surface area contributed by atoms with Crippen molar-refractivity contribution in [2.24, 2.45) is 0 Å². The lowest BCUT2D eigenvalue weighted by Crippen LogP contribution is -2.41. The van der Waals surface area contributed by atoms with Crippen LogP contribution in [0.3, 0.4) is 0 Å². The summed E-state index contributed by atoms with van der Waals surface area (Å²) in [5, 5.41) is 7.94. The number of hydrogen-bond donors (Lipinski definition) is 3. The average molecular weight is 414 g/mol. The Morgan fingerprint density at radius 3 is 2.03 bits per heavy atom. The maximum atomic E-state index is 12.9. The third-order valence-corrected chi connectivity index (χ3v) is 4.34. The van der Waals surface area contributed by atoms with Crippen LogP contribution < -0.4 is 16.0 Å². The Hall–Kier alpha value is -3.26. The number of halogens is 1. The Balaban J connectivity index is 1.75. The second-order valence-corrected chi connectivity index (χ2v) is 7.33. The highest BCUT2D eigenvalue weighted by atomic mass is 19.1. The second kappa shape index (κ2) is 10.5. The Morgan fingerprint density at radius 1 is 0.867 bits per heavy atom. The minimum Gasteiger partial charge on any atom is -0.346 e. The molecule has 160 valence electrons. The number of nitrogens with zero attached hydrogens (tertiary/aromatic N) is 1. The number of hydrogen-bond acceptors (Lipinski definition) is 4. The second-order valence-electron chi connectivity index (χ2n) is 7.33.